The Kier molecular flexibility index (Phi) is 7.80. The number of aryl methyl sites for hydroxylation is 1. The molecule has 1 saturated heterocycles. The minimum atomic E-state index is -1.40. The number of rotatable bonds is 7. The molecule has 2 atom stereocenters. The van der Waals surface area contributed by atoms with Gasteiger partial charge >= 0.3 is 0 Å². The zero-order valence-corrected chi connectivity index (χ0v) is 22.6. The first-order valence-corrected chi connectivity index (χ1v) is 13.3. The van der Waals surface area contributed by atoms with Crippen molar-refractivity contribution in [1.29, 1.82) is 0 Å². The number of β-lactam (4-membered cyclic amide) rings is 1. The second kappa shape index (κ2) is 10.7. The van der Waals surface area contributed by atoms with Gasteiger partial charge in [0.05, 0.1) is 18.7 Å². The van der Waals surface area contributed by atoms with Crippen LogP contribution in [0.1, 0.15) is 29.9 Å². The van der Waals surface area contributed by atoms with E-state index >= 15 is 0 Å². The number of thioether (sulfide) groups is 1. The number of hydrogen-bond acceptors (Lipinski definition) is 10. The second-order valence-electron chi connectivity index (χ2n) is 8.75. The lowest BCUT2D eigenvalue weighted by Crippen LogP contribution is -2.71. The van der Waals surface area contributed by atoms with Crippen LogP contribution in [0.4, 0.5) is 5.13 Å². The Balaban J connectivity index is 0.00000320. The lowest BCUT2D eigenvalue weighted by molar-refractivity contribution is -0.678. The van der Waals surface area contributed by atoms with Crippen LogP contribution < -0.4 is 20.7 Å². The van der Waals surface area contributed by atoms with Gasteiger partial charge in [-0.1, -0.05) is 5.16 Å². The Bertz CT molecular complexity index is 1320. The summed E-state index contributed by atoms with van der Waals surface area (Å²) in [6.07, 6.45) is 6.14. The maximum Gasteiger partial charge on any atom is 0.276 e. The number of halogens is 1. The normalized spacial score (nSPS) is 21.0. The number of nitrogens with two attached hydrogens (primary N) is 1. The number of nitrogens with zero attached hydrogens (tertiary/aromatic N) is 5. The van der Waals surface area contributed by atoms with E-state index in [0.717, 1.165) is 37.0 Å². The van der Waals surface area contributed by atoms with E-state index in [1.54, 1.807) is 5.38 Å². The number of carbonyl (C=O) groups excluding carboxylic acids is 3. The molecule has 1 fully saturated rings. The zero-order chi connectivity index (χ0) is 25.6. The summed E-state index contributed by atoms with van der Waals surface area (Å²) in [5.41, 5.74) is 8.71. The molecule has 3 aliphatic rings. The van der Waals surface area contributed by atoms with Crippen LogP contribution in [0.25, 0.3) is 0 Å². The standard InChI is InChI=1S/C22H25N7O5S2.ClH/c1-27-10-28(14-6-4-3-5-13(14)27)7-11-8-35-20-16(19(31)29(20)17(11)21(32)33)25-18(30)15(26-34-2)12-9-36-22(23)24-12;/h9-10,16,20H,3-8H2,1-2H3,(H3-,23,24,25,30,32,33);1H/b26-15-;/t16-,20-;/m1./s1. The lowest BCUT2D eigenvalue weighted by atomic mass is 10.00. The van der Waals surface area contributed by atoms with Gasteiger partial charge in [0, 0.05) is 29.5 Å². The zero-order valence-electron chi connectivity index (χ0n) is 20.1. The fraction of sp³-hybridized carbons (Fsp3) is 0.455. The van der Waals surface area contributed by atoms with Crippen LogP contribution in [0, 0.1) is 0 Å². The van der Waals surface area contributed by atoms with Crippen LogP contribution in [0.2, 0.25) is 0 Å². The number of carbonyl (C=O) groups is 3. The summed E-state index contributed by atoms with van der Waals surface area (Å²) in [4.78, 5) is 48.2. The third kappa shape index (κ3) is 4.80. The minimum absolute atomic E-state index is 0. The largest absolute Gasteiger partial charge is 0.543 e. The molecule has 0 saturated carbocycles. The molecular formula is C22H26ClN7O5S2. The van der Waals surface area contributed by atoms with Crippen molar-refractivity contribution in [2.24, 2.45) is 12.2 Å². The van der Waals surface area contributed by atoms with Crippen LogP contribution >= 0.6 is 35.5 Å². The number of anilines is 1. The van der Waals surface area contributed by atoms with Crippen molar-refractivity contribution >= 4 is 64.1 Å². The van der Waals surface area contributed by atoms with E-state index in [1.807, 2.05) is 13.4 Å². The molecule has 0 aromatic carbocycles. The molecule has 2 amide bonds. The number of imidazole rings is 1. The van der Waals surface area contributed by atoms with Crippen molar-refractivity contribution in [2.75, 3.05) is 18.6 Å². The van der Waals surface area contributed by atoms with Crippen LogP contribution in [-0.2, 0) is 45.7 Å². The molecule has 37 heavy (non-hydrogen) atoms. The van der Waals surface area contributed by atoms with E-state index < -0.39 is 29.2 Å². The average molecular weight is 568 g/mol. The van der Waals surface area contributed by atoms with Gasteiger partial charge in [0.15, 0.2) is 10.8 Å². The Morgan fingerprint density at radius 2 is 2.14 bits per heavy atom. The van der Waals surface area contributed by atoms with Crippen LogP contribution in [-0.4, -0.2) is 62.2 Å². The van der Waals surface area contributed by atoms with Gasteiger partial charge in [-0.3, -0.25) is 14.5 Å². The molecule has 3 N–H and O–H groups in total. The van der Waals surface area contributed by atoms with Crippen LogP contribution in [0.15, 0.2) is 28.1 Å². The van der Waals surface area contributed by atoms with E-state index in [2.05, 4.69) is 24.6 Å². The first kappa shape index (κ1) is 26.9. The van der Waals surface area contributed by atoms with Crippen molar-refractivity contribution in [1.82, 2.24) is 19.8 Å². The third-order valence-electron chi connectivity index (χ3n) is 6.55. The number of carboxylic acids is 1. The van der Waals surface area contributed by atoms with Gasteiger partial charge in [0.2, 0.25) is 6.33 Å². The molecule has 198 valence electrons. The predicted molar refractivity (Wildman–Crippen MR) is 137 cm³/mol. The summed E-state index contributed by atoms with van der Waals surface area (Å²) < 4.78 is 4.16. The highest BCUT2D eigenvalue weighted by Gasteiger charge is 2.53. The summed E-state index contributed by atoms with van der Waals surface area (Å²) in [7, 11) is 3.28. The Hall–Kier alpha value is -3.10. The van der Waals surface area contributed by atoms with Gasteiger partial charge in [-0.25, -0.2) is 14.1 Å². The molecule has 0 unspecified atom stereocenters. The minimum Gasteiger partial charge on any atom is -0.543 e. The average Bonchev–Trinajstić information content (AvgIpc) is 3.43. The van der Waals surface area contributed by atoms with E-state index in [-0.39, 0.29) is 34.6 Å². The van der Waals surface area contributed by atoms with E-state index in [4.69, 9.17) is 10.6 Å². The number of aliphatic carboxylic acids is 1. The number of hydrogen-bond donors (Lipinski definition) is 2. The highest BCUT2D eigenvalue weighted by atomic mass is 35.5. The number of aromatic nitrogens is 3. The van der Waals surface area contributed by atoms with Gasteiger partial charge < -0.3 is 25.8 Å². The molecule has 15 heteroatoms. The molecule has 0 spiro atoms. The predicted octanol–water partition coefficient (Wildman–Crippen LogP) is -0.893. The molecule has 2 aromatic heterocycles. The molecular weight excluding hydrogens is 542 g/mol. The maximum atomic E-state index is 13.1. The smallest absolute Gasteiger partial charge is 0.276 e. The number of thiazole rings is 1. The fourth-order valence-corrected chi connectivity index (χ4v) is 6.83. The topological polar surface area (TPSA) is 159 Å². The molecule has 1 aliphatic carbocycles. The number of fused-ring (bicyclic) bond motifs is 2. The molecule has 4 heterocycles. The molecule has 2 aromatic rings. The van der Waals surface area contributed by atoms with Gasteiger partial charge in [0.25, 0.3) is 11.8 Å². The first-order chi connectivity index (χ1) is 17.3. The molecule has 12 nitrogen and oxygen atoms in total. The van der Waals surface area contributed by atoms with Crippen molar-refractivity contribution in [3.8, 4) is 0 Å². The third-order valence-corrected chi connectivity index (χ3v) is 8.56. The molecule has 0 radical (unpaired) electrons. The summed E-state index contributed by atoms with van der Waals surface area (Å²) in [6, 6.07) is -0.923. The fourth-order valence-electron chi connectivity index (χ4n) is 4.95. The van der Waals surface area contributed by atoms with Crippen molar-refractivity contribution < 1.29 is 28.9 Å². The van der Waals surface area contributed by atoms with Gasteiger partial charge in [-0.15, -0.1) is 35.5 Å². The Morgan fingerprint density at radius 1 is 1.38 bits per heavy atom. The van der Waals surface area contributed by atoms with Gasteiger partial charge in [-0.05, 0) is 12.8 Å². The van der Waals surface area contributed by atoms with Crippen molar-refractivity contribution in [3.05, 3.63) is 40.1 Å². The summed E-state index contributed by atoms with van der Waals surface area (Å²) in [5, 5.41) is 19.8. The first-order valence-electron chi connectivity index (χ1n) is 11.4. The second-order valence-corrected chi connectivity index (χ2v) is 10.7. The van der Waals surface area contributed by atoms with E-state index in [1.165, 1.54) is 35.2 Å². The number of oxime groups is 1. The quantitative estimate of drug-likeness (QED) is 0.189. The van der Waals surface area contributed by atoms with Crippen molar-refractivity contribution in [3.63, 3.8) is 0 Å². The highest BCUT2D eigenvalue weighted by molar-refractivity contribution is 8.00. The van der Waals surface area contributed by atoms with Crippen LogP contribution in [0.5, 0.6) is 0 Å². The SMILES string of the molecule is CO/N=C(\C(=O)N[C@@H]1C(=O)N2C(C(=O)[O-])=C(Cn3c[n+](C)c4c3CCCC4)CS[C@H]12)c1csc(N)n1.Cl. The number of amides is 2. The summed E-state index contributed by atoms with van der Waals surface area (Å²) in [5.74, 6) is -2.20. The summed E-state index contributed by atoms with van der Waals surface area (Å²) in [6.45, 7) is 0.364. The lowest BCUT2D eigenvalue weighted by Gasteiger charge is -2.50. The Labute approximate surface area is 226 Å². The Morgan fingerprint density at radius 3 is 2.81 bits per heavy atom. The number of nitrogen functional groups attached to an aromatic ring is 1. The highest BCUT2D eigenvalue weighted by Crippen LogP contribution is 2.40. The summed E-state index contributed by atoms with van der Waals surface area (Å²) >= 11 is 2.54. The van der Waals surface area contributed by atoms with Crippen molar-refractivity contribution in [2.45, 2.75) is 43.6 Å². The number of carboxylic acid groups (broad SMARTS) is 1. The monoisotopic (exact) mass is 567 g/mol. The van der Waals surface area contributed by atoms with Crippen LogP contribution in [0.3, 0.4) is 0 Å². The molecule has 0 bridgehead atoms. The van der Waals surface area contributed by atoms with E-state index in [9.17, 15) is 19.5 Å². The number of nitrogens with one attached hydrogen (secondary N) is 1. The van der Waals surface area contributed by atoms with Gasteiger partial charge in [0.1, 0.15) is 42.2 Å². The maximum absolute atomic E-state index is 13.1. The van der Waals surface area contributed by atoms with E-state index in [0.29, 0.717) is 17.9 Å². The molecule has 2 aliphatic heterocycles. The molecule has 5 rings (SSSR count). The van der Waals surface area contributed by atoms with Gasteiger partial charge in [-0.2, -0.15) is 0 Å².